The first-order valence-electron chi connectivity index (χ1n) is 4.60. The van der Waals surface area contributed by atoms with Gasteiger partial charge in [0, 0.05) is 12.4 Å². The molecule has 1 aromatic carbocycles. The summed E-state index contributed by atoms with van der Waals surface area (Å²) in [5.41, 5.74) is 0.899. The van der Waals surface area contributed by atoms with E-state index in [1.54, 1.807) is 12.5 Å². The fourth-order valence-corrected chi connectivity index (χ4v) is 1.50. The van der Waals surface area contributed by atoms with Gasteiger partial charge < -0.3 is 4.57 Å². The number of aromatic nitrogens is 2. The molecule has 1 aromatic heterocycles. The fraction of sp³-hybridized carbons (Fsp3) is 0.167. The largest absolute Gasteiger partial charge is 0.328 e. The highest BCUT2D eigenvalue weighted by atomic mass is 15.1. The summed E-state index contributed by atoms with van der Waals surface area (Å²) in [6.07, 6.45) is 5.49. The summed E-state index contributed by atoms with van der Waals surface area (Å²) in [5.74, 6) is 0. The van der Waals surface area contributed by atoms with Crippen LogP contribution in [0.2, 0.25) is 0 Å². The number of hydrogen-bond acceptors (Lipinski definition) is 1. The molecule has 2 rings (SSSR count). The van der Waals surface area contributed by atoms with Gasteiger partial charge in [0.1, 0.15) is 0 Å². The molecule has 1 atom stereocenters. The van der Waals surface area contributed by atoms with E-state index in [4.69, 9.17) is 0 Å². The Kier molecular flexibility index (Phi) is 2.12. The summed E-state index contributed by atoms with van der Waals surface area (Å²) in [5, 5.41) is 0. The third kappa shape index (κ3) is 1.43. The second-order valence-electron chi connectivity index (χ2n) is 3.61. The quantitative estimate of drug-likeness (QED) is 0.702. The van der Waals surface area contributed by atoms with E-state index in [1.165, 1.54) is 5.56 Å². The van der Waals surface area contributed by atoms with Gasteiger partial charge in [0.15, 0.2) is 0 Å². The van der Waals surface area contributed by atoms with E-state index in [0.717, 1.165) is 0 Å². The van der Waals surface area contributed by atoms with Gasteiger partial charge in [0.25, 0.3) is 0 Å². The van der Waals surface area contributed by atoms with Gasteiger partial charge in [-0.2, -0.15) is 0 Å². The van der Waals surface area contributed by atoms with Gasteiger partial charge in [-0.1, -0.05) is 30.3 Å². The van der Waals surface area contributed by atoms with Crippen molar-refractivity contribution in [3.05, 3.63) is 61.5 Å². The summed E-state index contributed by atoms with van der Waals surface area (Å²) in [6, 6.07) is 10.2. The Balaban J connectivity index is 2.43. The van der Waals surface area contributed by atoms with Crippen LogP contribution in [-0.4, -0.2) is 9.55 Å². The second-order valence-corrected chi connectivity index (χ2v) is 3.61. The number of nitrogens with zero attached hydrogens (tertiary/aromatic N) is 2. The van der Waals surface area contributed by atoms with Gasteiger partial charge in [0.05, 0.1) is 11.9 Å². The van der Waals surface area contributed by atoms with Crippen molar-refractivity contribution in [2.45, 2.75) is 12.5 Å². The maximum atomic E-state index is 4.21. The molecule has 0 saturated carbocycles. The molecule has 0 spiro atoms. The minimum Gasteiger partial charge on any atom is -0.328 e. The van der Waals surface area contributed by atoms with Crippen LogP contribution in [0.5, 0.6) is 0 Å². The number of imidazole rings is 1. The van der Waals surface area contributed by atoms with Gasteiger partial charge in [-0.15, -0.1) is 0 Å². The normalized spacial score (nSPS) is 11.6. The van der Waals surface area contributed by atoms with Gasteiger partial charge in [-0.05, 0) is 19.4 Å². The average Bonchev–Trinajstić information content (AvgIpc) is 2.72. The summed E-state index contributed by atoms with van der Waals surface area (Å²) >= 11 is 0. The molecule has 0 aliphatic carbocycles. The molecule has 0 saturated heterocycles. The highest BCUT2D eigenvalue weighted by Gasteiger charge is 2.21. The highest BCUT2D eigenvalue weighted by molar-refractivity contribution is 5.26. The molecule has 71 valence electrons. The lowest BCUT2D eigenvalue weighted by Gasteiger charge is -2.26. The predicted molar refractivity (Wildman–Crippen MR) is 56.8 cm³/mol. The van der Waals surface area contributed by atoms with Crippen molar-refractivity contribution < 1.29 is 0 Å². The molecule has 0 amide bonds. The maximum Gasteiger partial charge on any atom is 0.0953 e. The van der Waals surface area contributed by atoms with E-state index in [-0.39, 0.29) is 5.54 Å². The zero-order valence-corrected chi connectivity index (χ0v) is 8.22. The third-order valence-electron chi connectivity index (χ3n) is 2.47. The summed E-state index contributed by atoms with van der Waals surface area (Å²) in [7, 11) is 0. The molecule has 0 unspecified atom stereocenters. The Morgan fingerprint density at radius 1 is 1.29 bits per heavy atom. The Labute approximate surface area is 84.2 Å². The van der Waals surface area contributed by atoms with Crippen LogP contribution >= 0.6 is 0 Å². The molecule has 1 heterocycles. The van der Waals surface area contributed by atoms with Gasteiger partial charge in [-0.25, -0.2) is 4.98 Å². The molecule has 0 aliphatic heterocycles. The molecule has 0 aliphatic rings. The molecule has 1 radical (unpaired) electrons. The summed E-state index contributed by atoms with van der Waals surface area (Å²) < 4.78 is 2.00. The first-order valence-corrected chi connectivity index (χ1v) is 4.60. The molecule has 0 fully saturated rings. The first kappa shape index (κ1) is 9.00. The molecule has 14 heavy (non-hydrogen) atoms. The molecule has 2 nitrogen and oxygen atoms in total. The van der Waals surface area contributed by atoms with Crippen LogP contribution in [0.4, 0.5) is 0 Å². The molecule has 0 N–H and O–H groups in total. The van der Waals surface area contributed by atoms with Crippen LogP contribution in [0, 0.1) is 6.92 Å². The monoisotopic (exact) mass is 185 g/mol. The number of hydrogen-bond donors (Lipinski definition) is 0. The number of benzene rings is 1. The standard InChI is InChI=1S/C12H13N2/c1-12(2,14-9-8-13-10-14)11-6-4-3-5-7-11/h3-10H,1H2,2H3/t12-/m0/s1. The minimum absolute atomic E-state index is 0.280. The van der Waals surface area contributed by atoms with Gasteiger partial charge in [-0.3, -0.25) is 0 Å². The van der Waals surface area contributed by atoms with Crippen LogP contribution in [0.25, 0.3) is 0 Å². The predicted octanol–water partition coefficient (Wildman–Crippen LogP) is 2.48. The Morgan fingerprint density at radius 3 is 2.57 bits per heavy atom. The zero-order chi connectivity index (χ0) is 10.0. The highest BCUT2D eigenvalue weighted by Crippen LogP contribution is 2.23. The molecule has 0 bridgehead atoms. The van der Waals surface area contributed by atoms with Crippen molar-refractivity contribution in [1.29, 1.82) is 0 Å². The molecular weight excluding hydrogens is 172 g/mol. The maximum absolute atomic E-state index is 4.21. The van der Waals surface area contributed by atoms with Crippen LogP contribution < -0.4 is 0 Å². The zero-order valence-electron chi connectivity index (χ0n) is 8.22. The lowest BCUT2D eigenvalue weighted by Crippen LogP contribution is -2.26. The minimum atomic E-state index is -0.280. The average molecular weight is 185 g/mol. The van der Waals surface area contributed by atoms with Gasteiger partial charge >= 0.3 is 0 Å². The SMILES string of the molecule is [CH2][C@](C)(c1ccccc1)n1ccnc1. The van der Waals surface area contributed by atoms with E-state index in [2.05, 4.69) is 31.0 Å². The van der Waals surface area contributed by atoms with Crippen LogP contribution in [0.15, 0.2) is 49.1 Å². The first-order chi connectivity index (χ1) is 6.71. The Morgan fingerprint density at radius 2 is 2.00 bits per heavy atom. The van der Waals surface area contributed by atoms with Crippen LogP contribution in [0.3, 0.4) is 0 Å². The Hall–Kier alpha value is -1.57. The second kappa shape index (κ2) is 3.29. The smallest absolute Gasteiger partial charge is 0.0953 e. The van der Waals surface area contributed by atoms with Crippen molar-refractivity contribution in [1.82, 2.24) is 9.55 Å². The fourth-order valence-electron chi connectivity index (χ4n) is 1.50. The van der Waals surface area contributed by atoms with Crippen molar-refractivity contribution >= 4 is 0 Å². The lowest BCUT2D eigenvalue weighted by atomic mass is 9.94. The molecule has 2 aromatic rings. The molecular formula is C12H13N2. The third-order valence-corrected chi connectivity index (χ3v) is 2.47. The molecule has 2 heteroatoms. The van der Waals surface area contributed by atoms with E-state index in [9.17, 15) is 0 Å². The van der Waals surface area contributed by atoms with Crippen molar-refractivity contribution in [2.24, 2.45) is 0 Å². The van der Waals surface area contributed by atoms with E-state index in [0.29, 0.717) is 0 Å². The van der Waals surface area contributed by atoms with E-state index < -0.39 is 0 Å². The van der Waals surface area contributed by atoms with Crippen molar-refractivity contribution in [2.75, 3.05) is 0 Å². The number of rotatable bonds is 2. The lowest BCUT2D eigenvalue weighted by molar-refractivity contribution is 0.490. The van der Waals surface area contributed by atoms with Crippen LogP contribution in [0.1, 0.15) is 12.5 Å². The van der Waals surface area contributed by atoms with Gasteiger partial charge in [0.2, 0.25) is 0 Å². The summed E-state index contributed by atoms with van der Waals surface area (Å²) in [4.78, 5) is 4.04. The summed E-state index contributed by atoms with van der Waals surface area (Å²) in [6.45, 7) is 6.28. The van der Waals surface area contributed by atoms with E-state index in [1.807, 2.05) is 29.0 Å². The Bertz CT molecular complexity index is 388. The van der Waals surface area contributed by atoms with Crippen LogP contribution in [-0.2, 0) is 5.54 Å². The van der Waals surface area contributed by atoms with Crippen molar-refractivity contribution in [3.63, 3.8) is 0 Å². The van der Waals surface area contributed by atoms with Crippen molar-refractivity contribution in [3.8, 4) is 0 Å². The van der Waals surface area contributed by atoms with E-state index >= 15 is 0 Å². The topological polar surface area (TPSA) is 17.8 Å².